The normalized spacial score (nSPS) is 12.3. The summed E-state index contributed by atoms with van der Waals surface area (Å²) in [6.45, 7) is 6.43. The zero-order chi connectivity index (χ0) is 10.3. The van der Waals surface area contributed by atoms with Crippen molar-refractivity contribution in [3.8, 4) is 0 Å². The van der Waals surface area contributed by atoms with Gasteiger partial charge in [0.2, 0.25) is 0 Å². The van der Waals surface area contributed by atoms with Crippen LogP contribution in [-0.2, 0) is 5.41 Å². The van der Waals surface area contributed by atoms with Crippen LogP contribution in [0.4, 0.5) is 0 Å². The molecule has 0 aromatic carbocycles. The van der Waals surface area contributed by atoms with Crippen LogP contribution in [0.2, 0.25) is 5.15 Å². The van der Waals surface area contributed by atoms with E-state index in [-0.39, 0.29) is 5.41 Å². The molecule has 1 N–H and O–H groups in total. The molecule has 14 heavy (non-hydrogen) atoms. The third-order valence-corrected chi connectivity index (χ3v) is 2.48. The highest BCUT2D eigenvalue weighted by Gasteiger charge is 2.15. The summed E-state index contributed by atoms with van der Waals surface area (Å²) >= 11 is 5.86. The number of nitrogens with zero attached hydrogens (tertiary/aromatic N) is 2. The first kappa shape index (κ1) is 9.46. The molecule has 0 bridgehead atoms. The third kappa shape index (κ3) is 1.48. The molecular weight excluding hydrogens is 198 g/mol. The van der Waals surface area contributed by atoms with Gasteiger partial charge in [-0.3, -0.25) is 10.1 Å². The van der Waals surface area contributed by atoms with Gasteiger partial charge < -0.3 is 0 Å². The Morgan fingerprint density at radius 1 is 1.36 bits per heavy atom. The second-order valence-corrected chi connectivity index (χ2v) is 4.76. The maximum Gasteiger partial charge on any atom is 0.150 e. The van der Waals surface area contributed by atoms with Gasteiger partial charge in [0.15, 0.2) is 5.15 Å². The van der Waals surface area contributed by atoms with Gasteiger partial charge in [0.25, 0.3) is 0 Å². The third-order valence-electron chi connectivity index (χ3n) is 2.22. The summed E-state index contributed by atoms with van der Waals surface area (Å²) in [4.78, 5) is 4.28. The molecule has 0 saturated heterocycles. The zero-order valence-corrected chi connectivity index (χ0v) is 9.18. The van der Waals surface area contributed by atoms with Gasteiger partial charge >= 0.3 is 0 Å². The number of hydrogen-bond acceptors (Lipinski definition) is 2. The van der Waals surface area contributed by atoms with Gasteiger partial charge in [0, 0.05) is 6.20 Å². The number of aromatic amines is 1. The van der Waals surface area contributed by atoms with Crippen molar-refractivity contribution in [3.63, 3.8) is 0 Å². The number of fused-ring (bicyclic) bond motifs is 1. The van der Waals surface area contributed by atoms with E-state index in [1.807, 2.05) is 12.3 Å². The SMILES string of the molecule is CC(C)(C)c1cnc2c(Cl)[nH]nc2c1. The molecule has 2 aromatic rings. The van der Waals surface area contributed by atoms with Crippen LogP contribution in [0.15, 0.2) is 12.3 Å². The molecule has 0 atom stereocenters. The lowest BCUT2D eigenvalue weighted by atomic mass is 9.88. The minimum Gasteiger partial charge on any atom is -0.265 e. The number of H-pyrrole nitrogens is 1. The molecule has 0 saturated carbocycles. The number of rotatable bonds is 0. The van der Waals surface area contributed by atoms with Crippen molar-refractivity contribution in [1.29, 1.82) is 0 Å². The first-order valence-corrected chi connectivity index (χ1v) is 4.86. The summed E-state index contributed by atoms with van der Waals surface area (Å²) in [6.07, 6.45) is 1.85. The van der Waals surface area contributed by atoms with Crippen LogP contribution >= 0.6 is 11.6 Å². The standard InChI is InChI=1S/C10H12ClN3/c1-10(2,3)6-4-7-8(12-5-6)9(11)14-13-7/h4-5H,1-3H3,(H,13,14). The summed E-state index contributed by atoms with van der Waals surface area (Å²) in [5.41, 5.74) is 2.81. The second kappa shape index (κ2) is 2.95. The van der Waals surface area contributed by atoms with Crippen LogP contribution in [0.5, 0.6) is 0 Å². The van der Waals surface area contributed by atoms with E-state index in [0.717, 1.165) is 16.6 Å². The molecule has 2 rings (SSSR count). The molecule has 0 radical (unpaired) electrons. The van der Waals surface area contributed by atoms with Gasteiger partial charge in [-0.05, 0) is 17.0 Å². The Labute approximate surface area is 87.5 Å². The van der Waals surface area contributed by atoms with E-state index in [4.69, 9.17) is 11.6 Å². The van der Waals surface area contributed by atoms with Crippen LogP contribution in [0.3, 0.4) is 0 Å². The fraction of sp³-hybridized carbons (Fsp3) is 0.400. The highest BCUT2D eigenvalue weighted by molar-refractivity contribution is 6.33. The van der Waals surface area contributed by atoms with Crippen LogP contribution in [0.1, 0.15) is 26.3 Å². The molecule has 4 heteroatoms. The van der Waals surface area contributed by atoms with Gasteiger partial charge in [-0.15, -0.1) is 0 Å². The molecule has 0 unspecified atom stereocenters. The topological polar surface area (TPSA) is 41.6 Å². The van der Waals surface area contributed by atoms with E-state index < -0.39 is 0 Å². The molecule has 2 aromatic heterocycles. The highest BCUT2D eigenvalue weighted by atomic mass is 35.5. The number of nitrogens with one attached hydrogen (secondary N) is 1. The van der Waals surface area contributed by atoms with Crippen molar-refractivity contribution in [1.82, 2.24) is 15.2 Å². The summed E-state index contributed by atoms with van der Waals surface area (Å²) < 4.78 is 0. The predicted octanol–water partition coefficient (Wildman–Crippen LogP) is 2.91. The summed E-state index contributed by atoms with van der Waals surface area (Å²) in [7, 11) is 0. The van der Waals surface area contributed by atoms with E-state index >= 15 is 0 Å². The van der Waals surface area contributed by atoms with Crippen LogP contribution in [0, 0.1) is 0 Å². The van der Waals surface area contributed by atoms with Gasteiger partial charge in [-0.1, -0.05) is 32.4 Å². The zero-order valence-electron chi connectivity index (χ0n) is 8.43. The predicted molar refractivity (Wildman–Crippen MR) is 57.6 cm³/mol. The van der Waals surface area contributed by atoms with E-state index in [0.29, 0.717) is 5.15 Å². The van der Waals surface area contributed by atoms with Gasteiger partial charge in [0.05, 0.1) is 0 Å². The van der Waals surface area contributed by atoms with Crippen molar-refractivity contribution in [3.05, 3.63) is 23.0 Å². The number of aromatic nitrogens is 3. The molecule has 0 aliphatic rings. The Morgan fingerprint density at radius 2 is 2.07 bits per heavy atom. The lowest BCUT2D eigenvalue weighted by molar-refractivity contribution is 0.588. The minimum atomic E-state index is 0.0899. The number of halogens is 1. The maximum absolute atomic E-state index is 5.86. The Kier molecular flexibility index (Phi) is 2.00. The van der Waals surface area contributed by atoms with E-state index in [9.17, 15) is 0 Å². The van der Waals surface area contributed by atoms with E-state index in [1.165, 1.54) is 0 Å². The Bertz CT molecular complexity index is 468. The van der Waals surface area contributed by atoms with Gasteiger partial charge in [-0.25, -0.2) is 0 Å². The summed E-state index contributed by atoms with van der Waals surface area (Å²) in [5, 5.41) is 7.28. The van der Waals surface area contributed by atoms with Crippen molar-refractivity contribution in [2.75, 3.05) is 0 Å². The van der Waals surface area contributed by atoms with Crippen molar-refractivity contribution in [2.24, 2.45) is 0 Å². The molecule has 3 nitrogen and oxygen atoms in total. The molecule has 0 spiro atoms. The average Bonchev–Trinajstić information content (AvgIpc) is 2.46. The Balaban J connectivity index is 2.63. The molecule has 0 aliphatic heterocycles. The molecule has 0 amide bonds. The Morgan fingerprint density at radius 3 is 2.71 bits per heavy atom. The monoisotopic (exact) mass is 209 g/mol. The summed E-state index contributed by atoms with van der Waals surface area (Å²) in [5.74, 6) is 0. The van der Waals surface area contributed by atoms with E-state index in [2.05, 4.69) is 36.0 Å². The molecule has 0 fully saturated rings. The van der Waals surface area contributed by atoms with Crippen LogP contribution in [-0.4, -0.2) is 15.2 Å². The average molecular weight is 210 g/mol. The van der Waals surface area contributed by atoms with Gasteiger partial charge in [0.1, 0.15) is 11.0 Å². The minimum absolute atomic E-state index is 0.0899. The lowest BCUT2D eigenvalue weighted by Gasteiger charge is -2.17. The van der Waals surface area contributed by atoms with Crippen molar-refractivity contribution in [2.45, 2.75) is 26.2 Å². The molecule has 0 aliphatic carbocycles. The fourth-order valence-electron chi connectivity index (χ4n) is 1.28. The molecule has 2 heterocycles. The molecular formula is C10H12ClN3. The highest BCUT2D eigenvalue weighted by Crippen LogP contribution is 2.25. The van der Waals surface area contributed by atoms with E-state index in [1.54, 1.807) is 0 Å². The summed E-state index contributed by atoms with van der Waals surface area (Å²) in [6, 6.07) is 2.02. The van der Waals surface area contributed by atoms with Gasteiger partial charge in [-0.2, -0.15) is 5.10 Å². The van der Waals surface area contributed by atoms with Crippen LogP contribution in [0.25, 0.3) is 11.0 Å². The van der Waals surface area contributed by atoms with Crippen molar-refractivity contribution < 1.29 is 0 Å². The second-order valence-electron chi connectivity index (χ2n) is 4.38. The number of pyridine rings is 1. The number of hydrogen-bond donors (Lipinski definition) is 1. The maximum atomic E-state index is 5.86. The largest absolute Gasteiger partial charge is 0.265 e. The smallest absolute Gasteiger partial charge is 0.150 e. The van der Waals surface area contributed by atoms with Crippen LogP contribution < -0.4 is 0 Å². The Hall–Kier alpha value is -1.09. The first-order valence-electron chi connectivity index (χ1n) is 4.48. The fourth-order valence-corrected chi connectivity index (χ4v) is 1.47. The molecule has 74 valence electrons. The first-order chi connectivity index (χ1) is 6.48. The lowest BCUT2D eigenvalue weighted by Crippen LogP contribution is -2.11. The quantitative estimate of drug-likeness (QED) is 0.725. The van der Waals surface area contributed by atoms with Crippen molar-refractivity contribution >= 4 is 22.6 Å².